The topological polar surface area (TPSA) is 54.4 Å². The first-order valence-corrected chi connectivity index (χ1v) is 6.38. The number of thiophene rings is 1. The fourth-order valence-electron chi connectivity index (χ4n) is 1.70. The van der Waals surface area contributed by atoms with Gasteiger partial charge >= 0.3 is 5.97 Å². The van der Waals surface area contributed by atoms with E-state index in [1.807, 2.05) is 0 Å². The number of halogens is 1. The highest BCUT2D eigenvalue weighted by molar-refractivity contribution is 7.14. The zero-order valence-corrected chi connectivity index (χ0v) is 11.0. The van der Waals surface area contributed by atoms with Crippen molar-refractivity contribution in [2.24, 2.45) is 0 Å². The summed E-state index contributed by atoms with van der Waals surface area (Å²) < 4.78 is 0. The van der Waals surface area contributed by atoms with Crippen molar-refractivity contribution >= 4 is 34.7 Å². The van der Waals surface area contributed by atoms with Gasteiger partial charge in [-0.15, -0.1) is 11.3 Å². The number of carbonyl (C=O) groups excluding carboxylic acids is 1. The molecule has 2 rings (SSSR count). The number of benzene rings is 1. The molecule has 5 heteroatoms. The van der Waals surface area contributed by atoms with Gasteiger partial charge in [0.2, 0.25) is 0 Å². The van der Waals surface area contributed by atoms with Crippen LogP contribution in [-0.4, -0.2) is 16.9 Å². The number of carboxylic acid groups (broad SMARTS) is 1. The van der Waals surface area contributed by atoms with E-state index in [0.717, 1.165) is 0 Å². The second kappa shape index (κ2) is 4.92. The Hall–Kier alpha value is -1.65. The van der Waals surface area contributed by atoms with Gasteiger partial charge in [0.25, 0.3) is 0 Å². The van der Waals surface area contributed by atoms with Crippen LogP contribution in [0.4, 0.5) is 0 Å². The maximum absolute atomic E-state index is 11.6. The van der Waals surface area contributed by atoms with E-state index in [-0.39, 0.29) is 11.3 Å². The van der Waals surface area contributed by atoms with Crippen molar-refractivity contribution < 1.29 is 14.7 Å². The van der Waals surface area contributed by atoms with E-state index < -0.39 is 5.97 Å². The molecule has 1 aromatic carbocycles. The van der Waals surface area contributed by atoms with Gasteiger partial charge in [-0.3, -0.25) is 4.79 Å². The van der Waals surface area contributed by atoms with Crippen molar-refractivity contribution in [2.45, 2.75) is 6.92 Å². The molecule has 92 valence electrons. The Morgan fingerprint density at radius 3 is 2.56 bits per heavy atom. The molecule has 3 nitrogen and oxygen atoms in total. The number of carboxylic acids is 1. The summed E-state index contributed by atoms with van der Waals surface area (Å²) in [5.41, 5.74) is 1.23. The Morgan fingerprint density at radius 1 is 1.22 bits per heavy atom. The van der Waals surface area contributed by atoms with Crippen LogP contribution in [0.3, 0.4) is 0 Å². The summed E-state index contributed by atoms with van der Waals surface area (Å²) in [5.74, 6) is -1.13. The fourth-order valence-corrected chi connectivity index (χ4v) is 2.79. The van der Waals surface area contributed by atoms with E-state index in [2.05, 4.69) is 0 Å². The quantitative estimate of drug-likeness (QED) is 0.866. The van der Waals surface area contributed by atoms with Crippen LogP contribution in [0.5, 0.6) is 0 Å². The van der Waals surface area contributed by atoms with Crippen LogP contribution < -0.4 is 0 Å². The zero-order chi connectivity index (χ0) is 13.3. The van der Waals surface area contributed by atoms with Crippen molar-refractivity contribution in [2.75, 3.05) is 0 Å². The number of hydrogen-bond acceptors (Lipinski definition) is 3. The first-order valence-electron chi connectivity index (χ1n) is 5.12. The molecule has 0 saturated heterocycles. The summed E-state index contributed by atoms with van der Waals surface area (Å²) in [7, 11) is 0. The molecule has 0 saturated carbocycles. The van der Waals surface area contributed by atoms with Gasteiger partial charge in [0.15, 0.2) is 5.78 Å². The van der Waals surface area contributed by atoms with Crippen LogP contribution in [0.2, 0.25) is 5.02 Å². The van der Waals surface area contributed by atoms with Crippen LogP contribution in [0.15, 0.2) is 29.6 Å². The fraction of sp³-hybridized carbons (Fsp3) is 0.0769. The molecule has 0 aliphatic rings. The second-order valence-electron chi connectivity index (χ2n) is 3.71. The Kier molecular flexibility index (Phi) is 3.50. The number of aromatic carboxylic acids is 1. The van der Waals surface area contributed by atoms with E-state index in [4.69, 9.17) is 16.7 Å². The molecule has 0 fully saturated rings. The first kappa shape index (κ1) is 12.8. The lowest BCUT2D eigenvalue weighted by atomic mass is 10.0. The highest BCUT2D eigenvalue weighted by Crippen LogP contribution is 2.34. The highest BCUT2D eigenvalue weighted by Gasteiger charge is 2.18. The van der Waals surface area contributed by atoms with Crippen molar-refractivity contribution in [1.82, 2.24) is 0 Å². The van der Waals surface area contributed by atoms with Gasteiger partial charge in [0, 0.05) is 21.0 Å². The smallest absolute Gasteiger partial charge is 0.337 e. The summed E-state index contributed by atoms with van der Waals surface area (Å²) in [6.45, 7) is 1.45. The minimum absolute atomic E-state index is 0.119. The maximum Gasteiger partial charge on any atom is 0.337 e. The van der Waals surface area contributed by atoms with E-state index in [0.29, 0.717) is 21.0 Å². The average Bonchev–Trinajstić information content (AvgIpc) is 2.77. The normalized spacial score (nSPS) is 10.3. The van der Waals surface area contributed by atoms with E-state index >= 15 is 0 Å². The van der Waals surface area contributed by atoms with Crippen molar-refractivity contribution in [3.63, 3.8) is 0 Å². The summed E-state index contributed by atoms with van der Waals surface area (Å²) >= 11 is 7.20. The van der Waals surface area contributed by atoms with E-state index in [1.54, 1.807) is 23.6 Å². The third-order valence-electron chi connectivity index (χ3n) is 2.50. The van der Waals surface area contributed by atoms with Gasteiger partial charge in [-0.1, -0.05) is 11.6 Å². The number of ketones is 1. The molecule has 18 heavy (non-hydrogen) atoms. The molecule has 2 aromatic rings. The molecule has 1 aromatic heterocycles. The molecule has 1 heterocycles. The van der Waals surface area contributed by atoms with Crippen molar-refractivity contribution in [3.05, 3.63) is 45.8 Å². The molecule has 0 spiro atoms. The van der Waals surface area contributed by atoms with Crippen LogP contribution >= 0.6 is 22.9 Å². The summed E-state index contributed by atoms with van der Waals surface area (Å²) in [5, 5.41) is 11.3. The minimum Gasteiger partial charge on any atom is -0.478 e. The van der Waals surface area contributed by atoms with Gasteiger partial charge in [0.05, 0.1) is 5.56 Å². The standard InChI is InChI=1S/C13H9ClO3S/c1-7(15)9-3-2-8(14)6-11(9)12-10(13(16)17)4-5-18-12/h2-6H,1H3,(H,16,17). The van der Waals surface area contributed by atoms with Crippen molar-refractivity contribution in [3.8, 4) is 10.4 Å². The molecule has 1 N–H and O–H groups in total. The predicted molar refractivity (Wildman–Crippen MR) is 71.7 cm³/mol. The van der Waals surface area contributed by atoms with Gasteiger partial charge < -0.3 is 5.11 Å². The lowest BCUT2D eigenvalue weighted by molar-refractivity contribution is 0.0698. The number of rotatable bonds is 3. The largest absolute Gasteiger partial charge is 0.478 e. The van der Waals surface area contributed by atoms with Gasteiger partial charge in [-0.2, -0.15) is 0 Å². The summed E-state index contributed by atoms with van der Waals surface area (Å²) in [6, 6.07) is 6.38. The molecule has 0 atom stereocenters. The Bertz CT molecular complexity index is 631. The van der Waals surface area contributed by atoms with Crippen LogP contribution in [0, 0.1) is 0 Å². The number of carbonyl (C=O) groups is 2. The SMILES string of the molecule is CC(=O)c1ccc(Cl)cc1-c1sccc1C(=O)O. The Balaban J connectivity index is 2.69. The summed E-state index contributed by atoms with van der Waals surface area (Å²) in [6.07, 6.45) is 0. The molecule has 0 amide bonds. The lowest BCUT2D eigenvalue weighted by Crippen LogP contribution is -2.00. The maximum atomic E-state index is 11.6. The molecule has 0 aliphatic heterocycles. The Labute approximate surface area is 113 Å². The van der Waals surface area contributed by atoms with E-state index in [9.17, 15) is 9.59 Å². The zero-order valence-electron chi connectivity index (χ0n) is 9.44. The predicted octanol–water partition coefficient (Wildman–Crippen LogP) is 3.97. The lowest BCUT2D eigenvalue weighted by Gasteiger charge is -2.07. The van der Waals surface area contributed by atoms with Crippen LogP contribution in [0.1, 0.15) is 27.6 Å². The van der Waals surface area contributed by atoms with Gasteiger partial charge in [0.1, 0.15) is 0 Å². The second-order valence-corrected chi connectivity index (χ2v) is 5.07. The molecule has 0 bridgehead atoms. The molecular weight excluding hydrogens is 272 g/mol. The molecule has 0 radical (unpaired) electrons. The molecular formula is C13H9ClO3S. The van der Waals surface area contributed by atoms with Crippen LogP contribution in [-0.2, 0) is 0 Å². The van der Waals surface area contributed by atoms with E-state index in [1.165, 1.54) is 24.3 Å². The third kappa shape index (κ3) is 2.30. The van der Waals surface area contributed by atoms with Gasteiger partial charge in [-0.05, 0) is 36.6 Å². The minimum atomic E-state index is -1.01. The monoisotopic (exact) mass is 280 g/mol. The number of Topliss-reactive ketones (excluding diaryl/α,β-unsaturated/α-hetero) is 1. The van der Waals surface area contributed by atoms with Gasteiger partial charge in [-0.25, -0.2) is 4.79 Å². The highest BCUT2D eigenvalue weighted by atomic mass is 35.5. The van der Waals surface area contributed by atoms with Crippen molar-refractivity contribution in [1.29, 1.82) is 0 Å². The first-order chi connectivity index (χ1) is 8.50. The third-order valence-corrected chi connectivity index (χ3v) is 3.68. The average molecular weight is 281 g/mol. The summed E-state index contributed by atoms with van der Waals surface area (Å²) in [4.78, 5) is 23.2. The number of hydrogen-bond donors (Lipinski definition) is 1. The molecule has 0 aliphatic carbocycles. The molecule has 0 unspecified atom stereocenters. The van der Waals surface area contributed by atoms with Crippen LogP contribution in [0.25, 0.3) is 10.4 Å². The Morgan fingerprint density at radius 2 is 1.94 bits per heavy atom.